The molecule has 0 aliphatic rings. The van der Waals surface area contributed by atoms with E-state index in [9.17, 15) is 9.59 Å². The Morgan fingerprint density at radius 2 is 1.69 bits per heavy atom. The molecule has 0 aromatic heterocycles. The first kappa shape index (κ1) is 19.2. The molecule has 0 aliphatic heterocycles. The summed E-state index contributed by atoms with van der Waals surface area (Å²) in [5.41, 5.74) is 3.91. The predicted molar refractivity (Wildman–Crippen MR) is 103 cm³/mol. The highest BCUT2D eigenvalue weighted by Crippen LogP contribution is 2.27. The van der Waals surface area contributed by atoms with Crippen molar-refractivity contribution in [3.8, 4) is 6.07 Å². The third-order valence-electron chi connectivity index (χ3n) is 4.19. The molecule has 2 rings (SSSR count). The van der Waals surface area contributed by atoms with Crippen LogP contribution in [0.1, 0.15) is 37.5 Å². The van der Waals surface area contributed by atoms with Crippen molar-refractivity contribution in [2.75, 3.05) is 16.8 Å². The van der Waals surface area contributed by atoms with Gasteiger partial charge in [-0.25, -0.2) is 0 Å². The lowest BCUT2D eigenvalue weighted by atomic mass is 10.0. The van der Waals surface area contributed by atoms with Gasteiger partial charge in [0.15, 0.2) is 0 Å². The third-order valence-corrected chi connectivity index (χ3v) is 4.19. The molecule has 0 saturated heterocycles. The smallest absolute Gasteiger partial charge is 0.244 e. The van der Waals surface area contributed by atoms with Crippen LogP contribution in [0.2, 0.25) is 0 Å². The van der Waals surface area contributed by atoms with Gasteiger partial charge in [0.05, 0.1) is 17.3 Å². The molecule has 2 aromatic rings. The number of hydrogen-bond acceptors (Lipinski definition) is 3. The van der Waals surface area contributed by atoms with E-state index in [0.29, 0.717) is 11.3 Å². The minimum Gasteiger partial charge on any atom is -0.324 e. The lowest BCUT2D eigenvalue weighted by Gasteiger charge is -2.26. The molecule has 0 aliphatic carbocycles. The number of hydrogen-bond donors (Lipinski definition) is 1. The number of carbonyl (C=O) groups excluding carboxylic acids is 2. The van der Waals surface area contributed by atoms with Crippen LogP contribution in [0.5, 0.6) is 0 Å². The molecule has 0 saturated carbocycles. The fourth-order valence-corrected chi connectivity index (χ4v) is 2.92. The molecule has 0 unspecified atom stereocenters. The summed E-state index contributed by atoms with van der Waals surface area (Å²) in [6.45, 7) is 5.46. The van der Waals surface area contributed by atoms with E-state index in [1.54, 1.807) is 24.3 Å². The fourth-order valence-electron chi connectivity index (χ4n) is 2.92. The summed E-state index contributed by atoms with van der Waals surface area (Å²) in [6.07, 6.45) is 1.55. The first-order chi connectivity index (χ1) is 12.5. The van der Waals surface area contributed by atoms with Gasteiger partial charge in [-0.2, -0.15) is 5.26 Å². The van der Waals surface area contributed by atoms with Crippen LogP contribution >= 0.6 is 0 Å². The maximum atomic E-state index is 12.5. The summed E-state index contributed by atoms with van der Waals surface area (Å²) in [7, 11) is 0. The second-order valence-electron chi connectivity index (χ2n) is 5.98. The van der Waals surface area contributed by atoms with Crippen LogP contribution in [0.4, 0.5) is 11.4 Å². The average molecular weight is 349 g/mol. The number of carbonyl (C=O) groups is 2. The second-order valence-corrected chi connectivity index (χ2v) is 5.98. The van der Waals surface area contributed by atoms with Crippen LogP contribution < -0.4 is 10.2 Å². The van der Waals surface area contributed by atoms with Gasteiger partial charge < -0.3 is 10.2 Å². The Labute approximate surface area is 154 Å². The van der Waals surface area contributed by atoms with E-state index >= 15 is 0 Å². The molecule has 134 valence electrons. The van der Waals surface area contributed by atoms with Crippen LogP contribution in [0.25, 0.3) is 0 Å². The Kier molecular flexibility index (Phi) is 6.51. The molecule has 0 radical (unpaired) electrons. The van der Waals surface area contributed by atoms with E-state index < -0.39 is 0 Å². The van der Waals surface area contributed by atoms with Gasteiger partial charge in [-0.1, -0.05) is 38.1 Å². The zero-order valence-electron chi connectivity index (χ0n) is 15.4. The molecule has 5 nitrogen and oxygen atoms in total. The molecule has 0 spiro atoms. The first-order valence-electron chi connectivity index (χ1n) is 8.69. The van der Waals surface area contributed by atoms with Crippen LogP contribution in [-0.2, 0) is 22.4 Å². The molecule has 1 N–H and O–H groups in total. The molecular formula is C21H23N3O2. The zero-order chi connectivity index (χ0) is 19.1. The largest absolute Gasteiger partial charge is 0.324 e. The Bertz CT molecular complexity index is 830. The van der Waals surface area contributed by atoms with E-state index in [2.05, 4.69) is 5.32 Å². The van der Waals surface area contributed by atoms with Crippen LogP contribution in [0, 0.1) is 11.3 Å². The van der Waals surface area contributed by atoms with Gasteiger partial charge in [0, 0.05) is 12.6 Å². The molecule has 0 fully saturated rings. The summed E-state index contributed by atoms with van der Waals surface area (Å²) in [5, 5.41) is 11.7. The number of para-hydroxylation sites is 1. The van der Waals surface area contributed by atoms with Gasteiger partial charge in [0.25, 0.3) is 0 Å². The van der Waals surface area contributed by atoms with Crippen molar-refractivity contribution in [2.45, 2.75) is 33.6 Å². The summed E-state index contributed by atoms with van der Waals surface area (Å²) in [5.74, 6) is -0.482. The van der Waals surface area contributed by atoms with E-state index in [1.165, 1.54) is 11.8 Å². The number of anilines is 2. The van der Waals surface area contributed by atoms with Crippen molar-refractivity contribution in [2.24, 2.45) is 0 Å². The number of amides is 2. The highest BCUT2D eigenvalue weighted by atomic mass is 16.2. The maximum absolute atomic E-state index is 12.5. The van der Waals surface area contributed by atoms with Crippen molar-refractivity contribution in [3.63, 3.8) is 0 Å². The Morgan fingerprint density at radius 1 is 1.08 bits per heavy atom. The van der Waals surface area contributed by atoms with Crippen molar-refractivity contribution in [3.05, 3.63) is 59.2 Å². The summed E-state index contributed by atoms with van der Waals surface area (Å²) >= 11 is 0. The van der Waals surface area contributed by atoms with Gasteiger partial charge in [-0.05, 0) is 42.2 Å². The van der Waals surface area contributed by atoms with Crippen molar-refractivity contribution in [1.29, 1.82) is 5.26 Å². The molecule has 2 amide bonds. The van der Waals surface area contributed by atoms with Crippen molar-refractivity contribution >= 4 is 23.2 Å². The third kappa shape index (κ3) is 4.48. The summed E-state index contributed by atoms with van der Waals surface area (Å²) in [6, 6.07) is 14.7. The van der Waals surface area contributed by atoms with Crippen molar-refractivity contribution < 1.29 is 9.59 Å². The number of nitrogens with zero attached hydrogens (tertiary/aromatic N) is 2. The predicted octanol–water partition coefficient (Wildman–Crippen LogP) is 3.67. The van der Waals surface area contributed by atoms with Crippen molar-refractivity contribution in [1.82, 2.24) is 0 Å². The number of nitriles is 1. The summed E-state index contributed by atoms with van der Waals surface area (Å²) < 4.78 is 0. The second kappa shape index (κ2) is 8.82. The quantitative estimate of drug-likeness (QED) is 0.864. The number of nitrogens with one attached hydrogen (secondary N) is 1. The monoisotopic (exact) mass is 349 g/mol. The molecule has 5 heteroatoms. The number of rotatable bonds is 6. The van der Waals surface area contributed by atoms with Crippen LogP contribution in [0.3, 0.4) is 0 Å². The van der Waals surface area contributed by atoms with Gasteiger partial charge in [0.1, 0.15) is 6.54 Å². The molecule has 0 heterocycles. The molecule has 0 bridgehead atoms. The minimum atomic E-state index is -0.303. The molecule has 2 aromatic carbocycles. The standard InChI is InChI=1S/C21H23N3O2/c1-4-17-9-7-10-18(5-2)21(17)24(15(3)25)14-20(26)23-19-11-6-8-16(12-19)13-22/h6-12H,4-5,14H2,1-3H3,(H,23,26). The van der Waals surface area contributed by atoms with Gasteiger partial charge in [-0.3, -0.25) is 9.59 Å². The Balaban J connectivity index is 2.28. The fraction of sp³-hybridized carbons (Fsp3) is 0.286. The zero-order valence-corrected chi connectivity index (χ0v) is 15.4. The SMILES string of the molecule is CCc1cccc(CC)c1N(CC(=O)Nc1cccc(C#N)c1)C(C)=O. The van der Waals surface area contributed by atoms with Crippen LogP contribution in [0.15, 0.2) is 42.5 Å². The lowest BCUT2D eigenvalue weighted by molar-refractivity contribution is -0.120. The van der Waals surface area contributed by atoms with E-state index in [-0.39, 0.29) is 18.4 Å². The van der Waals surface area contributed by atoms with Gasteiger partial charge in [-0.15, -0.1) is 0 Å². The highest BCUT2D eigenvalue weighted by molar-refractivity contribution is 6.02. The summed E-state index contributed by atoms with van der Waals surface area (Å²) in [4.78, 5) is 26.3. The van der Waals surface area contributed by atoms with E-state index in [1.807, 2.05) is 38.1 Å². The highest BCUT2D eigenvalue weighted by Gasteiger charge is 2.21. The normalized spacial score (nSPS) is 10.1. The first-order valence-corrected chi connectivity index (χ1v) is 8.69. The average Bonchev–Trinajstić information content (AvgIpc) is 2.65. The maximum Gasteiger partial charge on any atom is 0.244 e. The number of aryl methyl sites for hydroxylation is 2. The van der Waals surface area contributed by atoms with Gasteiger partial charge >= 0.3 is 0 Å². The van der Waals surface area contributed by atoms with Gasteiger partial charge in [0.2, 0.25) is 11.8 Å². The Morgan fingerprint density at radius 3 is 2.23 bits per heavy atom. The lowest BCUT2D eigenvalue weighted by Crippen LogP contribution is -2.38. The van der Waals surface area contributed by atoms with E-state index in [4.69, 9.17) is 5.26 Å². The number of benzene rings is 2. The topological polar surface area (TPSA) is 73.2 Å². The molecule has 0 atom stereocenters. The van der Waals surface area contributed by atoms with Crippen LogP contribution in [-0.4, -0.2) is 18.4 Å². The molecule has 26 heavy (non-hydrogen) atoms. The van der Waals surface area contributed by atoms with E-state index in [0.717, 1.165) is 29.7 Å². The minimum absolute atomic E-state index is 0.0733. The Hall–Kier alpha value is -3.13. The molecular weight excluding hydrogens is 326 g/mol.